The van der Waals surface area contributed by atoms with Gasteiger partial charge in [0.2, 0.25) is 0 Å². The molecule has 0 saturated carbocycles. The second-order valence-electron chi connectivity index (χ2n) is 3.44. The van der Waals surface area contributed by atoms with Crippen LogP contribution in [0.1, 0.15) is 19.8 Å². The fourth-order valence-corrected chi connectivity index (χ4v) is 1.82. The molecule has 0 aromatic carbocycles. The first-order chi connectivity index (χ1) is 6.67. The lowest BCUT2D eigenvalue weighted by molar-refractivity contribution is -0.160. The van der Waals surface area contributed by atoms with Crippen molar-refractivity contribution >= 4 is 5.97 Å². The average Bonchev–Trinajstić information content (AvgIpc) is 2.19. The maximum atomic E-state index is 11.2. The van der Waals surface area contributed by atoms with Gasteiger partial charge in [0.25, 0.3) is 0 Å². The van der Waals surface area contributed by atoms with Gasteiger partial charge < -0.3 is 9.84 Å². The van der Waals surface area contributed by atoms with E-state index in [9.17, 15) is 9.90 Å². The van der Waals surface area contributed by atoms with Crippen molar-refractivity contribution in [1.82, 2.24) is 0 Å². The Kier molecular flexibility index (Phi) is 3.47. The minimum Gasteiger partial charge on any atom is -0.479 e. The summed E-state index contributed by atoms with van der Waals surface area (Å²) >= 11 is 0. The van der Waals surface area contributed by atoms with Gasteiger partial charge in [-0.2, -0.15) is 0 Å². The van der Waals surface area contributed by atoms with E-state index >= 15 is 0 Å². The molecule has 78 valence electrons. The zero-order valence-corrected chi connectivity index (χ0v) is 8.56. The van der Waals surface area contributed by atoms with Crippen LogP contribution in [-0.2, 0) is 9.53 Å². The number of aliphatic carboxylic acids is 1. The van der Waals surface area contributed by atoms with Gasteiger partial charge in [0.1, 0.15) is 0 Å². The Labute approximate surface area is 84.1 Å². The molecule has 0 aromatic rings. The van der Waals surface area contributed by atoms with Crippen LogP contribution >= 0.6 is 0 Å². The highest BCUT2D eigenvalue weighted by molar-refractivity contribution is 5.81. The molecule has 0 saturated heterocycles. The first kappa shape index (κ1) is 11.0. The van der Waals surface area contributed by atoms with Gasteiger partial charge in [-0.3, -0.25) is 0 Å². The van der Waals surface area contributed by atoms with Crippen LogP contribution in [0.25, 0.3) is 0 Å². The van der Waals surface area contributed by atoms with Crippen molar-refractivity contribution in [3.05, 3.63) is 24.3 Å². The Balaban J connectivity index is 2.96. The summed E-state index contributed by atoms with van der Waals surface area (Å²) < 4.78 is 5.17. The molecule has 3 nitrogen and oxygen atoms in total. The number of rotatable bonds is 4. The summed E-state index contributed by atoms with van der Waals surface area (Å²) in [4.78, 5) is 11.2. The number of carbonyl (C=O) groups is 1. The van der Waals surface area contributed by atoms with Gasteiger partial charge in [0, 0.05) is 13.0 Å². The van der Waals surface area contributed by atoms with Gasteiger partial charge in [-0.15, -0.1) is 0 Å². The Bertz CT molecular complexity index is 268. The molecule has 2 atom stereocenters. The Hall–Kier alpha value is -1.09. The van der Waals surface area contributed by atoms with E-state index in [1.54, 1.807) is 12.2 Å². The molecule has 0 amide bonds. The van der Waals surface area contributed by atoms with E-state index < -0.39 is 11.6 Å². The molecule has 1 aliphatic carbocycles. The van der Waals surface area contributed by atoms with Gasteiger partial charge >= 0.3 is 5.97 Å². The molecular formula is C11H16O3. The molecule has 1 aliphatic rings. The van der Waals surface area contributed by atoms with E-state index in [1.807, 2.05) is 19.1 Å². The van der Waals surface area contributed by atoms with Crippen LogP contribution < -0.4 is 0 Å². The van der Waals surface area contributed by atoms with Gasteiger partial charge in [-0.1, -0.05) is 31.6 Å². The molecule has 0 fully saturated rings. The van der Waals surface area contributed by atoms with E-state index in [2.05, 4.69) is 0 Å². The van der Waals surface area contributed by atoms with Crippen LogP contribution in [0.5, 0.6) is 0 Å². The van der Waals surface area contributed by atoms with Crippen LogP contribution in [0.3, 0.4) is 0 Å². The third-order valence-corrected chi connectivity index (χ3v) is 2.62. The van der Waals surface area contributed by atoms with E-state index in [4.69, 9.17) is 4.74 Å². The molecule has 3 heteroatoms. The predicted octanol–water partition coefficient (Wildman–Crippen LogP) is 2.00. The second kappa shape index (κ2) is 4.42. The van der Waals surface area contributed by atoms with Crippen molar-refractivity contribution in [3.63, 3.8) is 0 Å². The number of hydrogen-bond acceptors (Lipinski definition) is 2. The summed E-state index contributed by atoms with van der Waals surface area (Å²) in [6.07, 6.45) is 8.89. The normalized spacial score (nSPS) is 30.6. The predicted molar refractivity (Wildman–Crippen MR) is 54.1 cm³/mol. The van der Waals surface area contributed by atoms with Crippen LogP contribution in [-0.4, -0.2) is 23.8 Å². The summed E-state index contributed by atoms with van der Waals surface area (Å²) in [5.74, 6) is -0.987. The van der Waals surface area contributed by atoms with Crippen LogP contribution in [0, 0.1) is 5.92 Å². The number of carboxylic acid groups (broad SMARTS) is 1. The highest BCUT2D eigenvalue weighted by Gasteiger charge is 2.43. The van der Waals surface area contributed by atoms with Gasteiger partial charge in [0.05, 0.1) is 0 Å². The van der Waals surface area contributed by atoms with Crippen molar-refractivity contribution in [3.8, 4) is 0 Å². The van der Waals surface area contributed by atoms with Crippen molar-refractivity contribution in [2.45, 2.75) is 25.4 Å². The molecule has 0 bridgehead atoms. The van der Waals surface area contributed by atoms with E-state index in [-0.39, 0.29) is 5.92 Å². The van der Waals surface area contributed by atoms with E-state index in [0.29, 0.717) is 0 Å². The second-order valence-corrected chi connectivity index (χ2v) is 3.44. The molecule has 1 rings (SSSR count). The standard InChI is InChI=1S/C11H16O3/c1-3-6-9-7-4-5-8-11(9,14-2)10(12)13/h4-5,7-9H,3,6H2,1-2H3,(H,12,13). The Morgan fingerprint density at radius 2 is 2.29 bits per heavy atom. The summed E-state index contributed by atoms with van der Waals surface area (Å²) in [5, 5.41) is 9.18. The largest absolute Gasteiger partial charge is 0.479 e. The molecule has 0 spiro atoms. The number of carboxylic acids is 1. The minimum atomic E-state index is -1.16. The SMILES string of the molecule is CCCC1C=CC=CC1(OC)C(=O)O. The average molecular weight is 196 g/mol. The van der Waals surface area contributed by atoms with Crippen molar-refractivity contribution in [2.24, 2.45) is 5.92 Å². The summed E-state index contributed by atoms with van der Waals surface area (Å²) in [6, 6.07) is 0. The Morgan fingerprint density at radius 1 is 1.57 bits per heavy atom. The van der Waals surface area contributed by atoms with E-state index in [1.165, 1.54) is 7.11 Å². The smallest absolute Gasteiger partial charge is 0.340 e. The van der Waals surface area contributed by atoms with Gasteiger partial charge in [0.15, 0.2) is 5.60 Å². The lowest BCUT2D eigenvalue weighted by atomic mass is 9.81. The minimum absolute atomic E-state index is 0.0694. The molecule has 0 heterocycles. The number of ether oxygens (including phenoxy) is 1. The van der Waals surface area contributed by atoms with Crippen LogP contribution in [0.4, 0.5) is 0 Å². The molecule has 1 N–H and O–H groups in total. The van der Waals surface area contributed by atoms with Crippen LogP contribution in [0.15, 0.2) is 24.3 Å². The molecule has 0 radical (unpaired) electrons. The fourth-order valence-electron chi connectivity index (χ4n) is 1.82. The summed E-state index contributed by atoms with van der Waals surface area (Å²) in [6.45, 7) is 2.04. The van der Waals surface area contributed by atoms with Crippen LogP contribution in [0.2, 0.25) is 0 Å². The monoisotopic (exact) mass is 196 g/mol. The third-order valence-electron chi connectivity index (χ3n) is 2.62. The molecule has 0 aliphatic heterocycles. The zero-order valence-electron chi connectivity index (χ0n) is 8.56. The number of allylic oxidation sites excluding steroid dienone is 2. The first-order valence-electron chi connectivity index (χ1n) is 4.82. The number of methoxy groups -OCH3 is 1. The molecule has 14 heavy (non-hydrogen) atoms. The first-order valence-corrected chi connectivity index (χ1v) is 4.82. The zero-order chi connectivity index (χ0) is 10.6. The fraction of sp³-hybridized carbons (Fsp3) is 0.545. The van der Waals surface area contributed by atoms with Crippen molar-refractivity contribution < 1.29 is 14.6 Å². The highest BCUT2D eigenvalue weighted by atomic mass is 16.5. The maximum Gasteiger partial charge on any atom is 0.340 e. The quantitative estimate of drug-likeness (QED) is 0.748. The molecule has 0 aromatic heterocycles. The third kappa shape index (κ3) is 1.73. The number of hydrogen-bond donors (Lipinski definition) is 1. The van der Waals surface area contributed by atoms with E-state index in [0.717, 1.165) is 12.8 Å². The van der Waals surface area contributed by atoms with Crippen molar-refractivity contribution in [1.29, 1.82) is 0 Å². The maximum absolute atomic E-state index is 11.2. The highest BCUT2D eigenvalue weighted by Crippen LogP contribution is 2.31. The lowest BCUT2D eigenvalue weighted by Crippen LogP contribution is -2.46. The Morgan fingerprint density at radius 3 is 2.79 bits per heavy atom. The topological polar surface area (TPSA) is 46.5 Å². The van der Waals surface area contributed by atoms with Crippen molar-refractivity contribution in [2.75, 3.05) is 7.11 Å². The summed E-state index contributed by atoms with van der Waals surface area (Å²) in [5.41, 5.74) is -1.16. The van der Waals surface area contributed by atoms with Gasteiger partial charge in [-0.25, -0.2) is 4.79 Å². The summed E-state index contributed by atoms with van der Waals surface area (Å²) in [7, 11) is 1.44. The lowest BCUT2D eigenvalue weighted by Gasteiger charge is -2.33. The van der Waals surface area contributed by atoms with Gasteiger partial charge in [-0.05, 0) is 12.5 Å². The molecule has 2 unspecified atom stereocenters. The molecular weight excluding hydrogens is 180 g/mol.